The summed E-state index contributed by atoms with van der Waals surface area (Å²) in [5.41, 5.74) is 1.96. The fourth-order valence-electron chi connectivity index (χ4n) is 2.07. The molecule has 0 saturated carbocycles. The van der Waals surface area contributed by atoms with Gasteiger partial charge in [0.05, 0.1) is 0 Å². The van der Waals surface area contributed by atoms with Gasteiger partial charge in [0.25, 0.3) is 5.91 Å². The molecule has 0 saturated heterocycles. The molecule has 5 nitrogen and oxygen atoms in total. The van der Waals surface area contributed by atoms with E-state index in [0.29, 0.717) is 18.7 Å². The van der Waals surface area contributed by atoms with Gasteiger partial charge in [0.1, 0.15) is 5.75 Å². The predicted molar refractivity (Wildman–Crippen MR) is 87.8 cm³/mol. The lowest BCUT2D eigenvalue weighted by atomic mass is 10.1. The number of benzene rings is 2. The van der Waals surface area contributed by atoms with Crippen LogP contribution < -0.4 is 10.1 Å². The highest BCUT2D eigenvalue weighted by molar-refractivity contribution is 5.80. The lowest BCUT2D eigenvalue weighted by Crippen LogP contribution is -2.37. The van der Waals surface area contributed by atoms with Crippen LogP contribution in [0.3, 0.4) is 0 Å². The lowest BCUT2D eigenvalue weighted by molar-refractivity contribution is -0.127. The van der Waals surface area contributed by atoms with Crippen molar-refractivity contribution in [3.63, 3.8) is 0 Å². The van der Waals surface area contributed by atoms with E-state index in [1.165, 1.54) is 12.1 Å². The third-order valence-corrected chi connectivity index (χ3v) is 3.46. The minimum atomic E-state index is -0.592. The van der Waals surface area contributed by atoms with Gasteiger partial charge in [-0.3, -0.25) is 4.79 Å². The van der Waals surface area contributed by atoms with Crippen LogP contribution in [0.15, 0.2) is 42.5 Å². The summed E-state index contributed by atoms with van der Waals surface area (Å²) in [4.78, 5) is 12.0. The number of aromatic hydroxyl groups is 2. The number of phenols is 2. The van der Waals surface area contributed by atoms with Crippen molar-refractivity contribution in [1.82, 2.24) is 5.32 Å². The number of hydrogen-bond acceptors (Lipinski definition) is 4. The van der Waals surface area contributed by atoms with E-state index >= 15 is 0 Å². The summed E-state index contributed by atoms with van der Waals surface area (Å²) in [6.07, 6.45) is -0.0393. The third kappa shape index (κ3) is 4.92. The van der Waals surface area contributed by atoms with Gasteiger partial charge in [-0.05, 0) is 50.1 Å². The van der Waals surface area contributed by atoms with Crippen molar-refractivity contribution >= 4 is 5.91 Å². The number of nitrogens with one attached hydrogen (secondary N) is 1. The zero-order valence-electron chi connectivity index (χ0n) is 13.2. The Kier molecular flexibility index (Phi) is 5.46. The van der Waals surface area contributed by atoms with Crippen molar-refractivity contribution in [2.45, 2.75) is 26.4 Å². The Labute approximate surface area is 135 Å². The van der Waals surface area contributed by atoms with E-state index in [9.17, 15) is 15.0 Å². The number of aryl methyl sites for hydroxylation is 1. The van der Waals surface area contributed by atoms with Gasteiger partial charge in [0, 0.05) is 6.54 Å². The molecule has 2 rings (SSSR count). The number of amides is 1. The van der Waals surface area contributed by atoms with E-state index in [1.54, 1.807) is 13.0 Å². The van der Waals surface area contributed by atoms with Crippen LogP contribution in [-0.4, -0.2) is 28.8 Å². The van der Waals surface area contributed by atoms with Crippen LogP contribution in [0.25, 0.3) is 0 Å². The zero-order chi connectivity index (χ0) is 16.8. The van der Waals surface area contributed by atoms with Gasteiger partial charge in [-0.25, -0.2) is 0 Å². The molecule has 0 aliphatic heterocycles. The summed E-state index contributed by atoms with van der Waals surface area (Å²) in [7, 11) is 0. The Morgan fingerprint density at radius 3 is 2.48 bits per heavy atom. The van der Waals surface area contributed by atoms with E-state index in [4.69, 9.17) is 4.74 Å². The van der Waals surface area contributed by atoms with Gasteiger partial charge in [-0.2, -0.15) is 0 Å². The number of hydrogen-bond donors (Lipinski definition) is 3. The van der Waals surface area contributed by atoms with Gasteiger partial charge in [-0.1, -0.05) is 23.8 Å². The van der Waals surface area contributed by atoms with Crippen molar-refractivity contribution in [1.29, 1.82) is 0 Å². The maximum atomic E-state index is 12.0. The van der Waals surface area contributed by atoms with E-state index in [0.717, 1.165) is 11.1 Å². The first kappa shape index (κ1) is 16.7. The third-order valence-electron chi connectivity index (χ3n) is 3.46. The van der Waals surface area contributed by atoms with E-state index in [1.807, 2.05) is 31.2 Å². The van der Waals surface area contributed by atoms with Crippen molar-refractivity contribution in [2.75, 3.05) is 6.54 Å². The average Bonchev–Trinajstić information content (AvgIpc) is 2.53. The molecule has 0 fully saturated rings. The first-order valence-electron chi connectivity index (χ1n) is 7.47. The molecule has 1 amide bonds. The monoisotopic (exact) mass is 315 g/mol. The van der Waals surface area contributed by atoms with Gasteiger partial charge >= 0.3 is 0 Å². The first-order chi connectivity index (χ1) is 11.0. The molecule has 122 valence electrons. The molecule has 23 heavy (non-hydrogen) atoms. The van der Waals surface area contributed by atoms with Crippen molar-refractivity contribution in [3.8, 4) is 17.2 Å². The number of ether oxygens (including phenoxy) is 1. The molecule has 0 radical (unpaired) electrons. The SMILES string of the molecule is Cc1ccc(OC(C)C(=O)NCCc2ccc(O)c(O)c2)cc1. The highest BCUT2D eigenvalue weighted by Gasteiger charge is 2.14. The molecule has 0 heterocycles. The zero-order valence-corrected chi connectivity index (χ0v) is 13.2. The summed E-state index contributed by atoms with van der Waals surface area (Å²) in [6, 6.07) is 12.1. The highest BCUT2D eigenvalue weighted by Crippen LogP contribution is 2.24. The second kappa shape index (κ2) is 7.54. The van der Waals surface area contributed by atoms with Crippen LogP contribution in [0.1, 0.15) is 18.1 Å². The van der Waals surface area contributed by atoms with Gasteiger partial charge in [-0.15, -0.1) is 0 Å². The molecule has 1 atom stereocenters. The van der Waals surface area contributed by atoms with Crippen molar-refractivity contribution in [2.24, 2.45) is 0 Å². The normalized spacial score (nSPS) is 11.7. The second-order valence-corrected chi connectivity index (χ2v) is 5.44. The molecule has 0 spiro atoms. The number of phenolic OH excluding ortho intramolecular Hbond substituents is 2. The molecule has 5 heteroatoms. The molecule has 0 aliphatic carbocycles. The van der Waals surface area contributed by atoms with Gasteiger partial charge in [0.2, 0.25) is 0 Å². The smallest absolute Gasteiger partial charge is 0.260 e. The maximum absolute atomic E-state index is 12.0. The molecule has 0 aromatic heterocycles. The van der Waals surface area contributed by atoms with Crippen molar-refractivity contribution < 1.29 is 19.7 Å². The Hall–Kier alpha value is -2.69. The highest BCUT2D eigenvalue weighted by atomic mass is 16.5. The second-order valence-electron chi connectivity index (χ2n) is 5.44. The standard InChI is InChI=1S/C18H21NO4/c1-12-3-6-15(7-4-12)23-13(2)18(22)19-10-9-14-5-8-16(20)17(21)11-14/h3-8,11,13,20-21H,9-10H2,1-2H3,(H,19,22). The molecule has 3 N–H and O–H groups in total. The Bertz CT molecular complexity index is 667. The molecule has 0 aliphatic rings. The number of carbonyl (C=O) groups is 1. The maximum Gasteiger partial charge on any atom is 0.260 e. The summed E-state index contributed by atoms with van der Waals surface area (Å²) in [5, 5.41) is 21.5. The lowest BCUT2D eigenvalue weighted by Gasteiger charge is -2.15. The van der Waals surface area contributed by atoms with Gasteiger partial charge < -0.3 is 20.3 Å². The average molecular weight is 315 g/mol. The topological polar surface area (TPSA) is 78.8 Å². The van der Waals surface area contributed by atoms with E-state index in [-0.39, 0.29) is 17.4 Å². The quantitative estimate of drug-likeness (QED) is 0.716. The molecular formula is C18H21NO4. The van der Waals surface area contributed by atoms with Crippen LogP contribution in [0.5, 0.6) is 17.2 Å². The summed E-state index contributed by atoms with van der Waals surface area (Å²) >= 11 is 0. The largest absolute Gasteiger partial charge is 0.504 e. The minimum absolute atomic E-state index is 0.155. The molecule has 1 unspecified atom stereocenters. The van der Waals surface area contributed by atoms with E-state index < -0.39 is 6.10 Å². The first-order valence-corrected chi connectivity index (χ1v) is 7.47. The van der Waals surface area contributed by atoms with Crippen LogP contribution in [0.4, 0.5) is 0 Å². The summed E-state index contributed by atoms with van der Waals surface area (Å²) < 4.78 is 5.58. The number of rotatable bonds is 6. The Morgan fingerprint density at radius 2 is 1.83 bits per heavy atom. The minimum Gasteiger partial charge on any atom is -0.504 e. The predicted octanol–water partition coefficient (Wildman–Crippen LogP) is 2.53. The number of carbonyl (C=O) groups excluding carboxylic acids is 1. The summed E-state index contributed by atoms with van der Waals surface area (Å²) in [6.45, 7) is 4.10. The van der Waals surface area contributed by atoms with Crippen LogP contribution in [-0.2, 0) is 11.2 Å². The molecule has 2 aromatic rings. The van der Waals surface area contributed by atoms with Crippen LogP contribution in [0, 0.1) is 6.92 Å². The summed E-state index contributed by atoms with van der Waals surface area (Å²) in [5.74, 6) is 0.137. The Morgan fingerprint density at radius 1 is 1.13 bits per heavy atom. The molecular weight excluding hydrogens is 294 g/mol. The fourth-order valence-corrected chi connectivity index (χ4v) is 2.07. The van der Waals surface area contributed by atoms with Crippen molar-refractivity contribution in [3.05, 3.63) is 53.6 Å². The van der Waals surface area contributed by atoms with Gasteiger partial charge in [0.15, 0.2) is 17.6 Å². The molecule has 2 aromatic carbocycles. The van der Waals surface area contributed by atoms with E-state index in [2.05, 4.69) is 5.32 Å². The fraction of sp³-hybridized carbons (Fsp3) is 0.278. The van der Waals surface area contributed by atoms with Crippen LogP contribution in [0.2, 0.25) is 0 Å². The van der Waals surface area contributed by atoms with Crippen LogP contribution >= 0.6 is 0 Å². The Balaban J connectivity index is 1.79. The molecule has 0 bridgehead atoms.